The molecule has 2 N–H and O–H groups in total. The van der Waals surface area contributed by atoms with Gasteiger partial charge in [0.05, 0.1) is 7.11 Å². The van der Waals surface area contributed by atoms with Crippen LogP contribution in [0.15, 0.2) is 54.6 Å². The molecule has 0 heterocycles. The first-order valence-electron chi connectivity index (χ1n) is 6.90. The Morgan fingerprint density at radius 1 is 1.09 bits per heavy atom. The number of halogens is 1. The number of aliphatic hydroxyl groups is 1. The smallest absolute Gasteiger partial charge is 0.331 e. The van der Waals surface area contributed by atoms with Gasteiger partial charge in [0, 0.05) is 10.6 Å². The van der Waals surface area contributed by atoms with E-state index in [1.807, 2.05) is 0 Å². The summed E-state index contributed by atoms with van der Waals surface area (Å²) in [6.07, 6.45) is -1.26. The molecule has 0 aliphatic carbocycles. The summed E-state index contributed by atoms with van der Waals surface area (Å²) in [6, 6.07) is 13.5. The number of aliphatic hydroxyl groups excluding tert-OH is 1. The minimum absolute atomic E-state index is 0.379. The molecule has 2 aromatic carbocycles. The van der Waals surface area contributed by atoms with E-state index in [0.717, 1.165) is 0 Å². The maximum atomic E-state index is 12.2. The van der Waals surface area contributed by atoms with E-state index >= 15 is 0 Å². The molecular formula is C17H16ClNO4. The van der Waals surface area contributed by atoms with Crippen molar-refractivity contribution in [3.8, 4) is 0 Å². The van der Waals surface area contributed by atoms with E-state index in [-0.39, 0.29) is 0 Å². The lowest BCUT2D eigenvalue weighted by Gasteiger charge is -2.22. The van der Waals surface area contributed by atoms with Crippen molar-refractivity contribution >= 4 is 23.5 Å². The van der Waals surface area contributed by atoms with Crippen LogP contribution in [0.5, 0.6) is 0 Å². The molecule has 0 radical (unpaired) electrons. The fourth-order valence-electron chi connectivity index (χ4n) is 2.06. The van der Waals surface area contributed by atoms with E-state index in [9.17, 15) is 14.7 Å². The van der Waals surface area contributed by atoms with Gasteiger partial charge in [0.15, 0.2) is 6.04 Å². The summed E-state index contributed by atoms with van der Waals surface area (Å²) in [5.74, 6) is -1.22. The highest BCUT2D eigenvalue weighted by Gasteiger charge is 2.30. The second-order valence-electron chi connectivity index (χ2n) is 4.84. The first kappa shape index (κ1) is 17.0. The van der Waals surface area contributed by atoms with Crippen molar-refractivity contribution < 1.29 is 19.4 Å². The Labute approximate surface area is 138 Å². The van der Waals surface area contributed by atoms with Crippen molar-refractivity contribution in [2.24, 2.45) is 0 Å². The van der Waals surface area contributed by atoms with Gasteiger partial charge in [-0.05, 0) is 29.8 Å². The third-order valence-electron chi connectivity index (χ3n) is 3.30. The minimum atomic E-state index is -1.26. The molecule has 0 saturated heterocycles. The van der Waals surface area contributed by atoms with Crippen molar-refractivity contribution in [1.29, 1.82) is 0 Å². The van der Waals surface area contributed by atoms with Gasteiger partial charge in [-0.3, -0.25) is 4.79 Å². The number of rotatable bonds is 5. The van der Waals surface area contributed by atoms with E-state index in [2.05, 4.69) is 10.1 Å². The van der Waals surface area contributed by atoms with Gasteiger partial charge < -0.3 is 15.2 Å². The molecule has 0 unspecified atom stereocenters. The van der Waals surface area contributed by atoms with Crippen LogP contribution in [0.1, 0.15) is 22.0 Å². The van der Waals surface area contributed by atoms with Crippen LogP contribution >= 0.6 is 11.6 Å². The van der Waals surface area contributed by atoms with Crippen molar-refractivity contribution in [1.82, 2.24) is 5.32 Å². The normalized spacial score (nSPS) is 13.0. The van der Waals surface area contributed by atoms with Crippen LogP contribution < -0.4 is 5.32 Å². The van der Waals surface area contributed by atoms with E-state index in [0.29, 0.717) is 16.1 Å². The van der Waals surface area contributed by atoms with Gasteiger partial charge in [-0.15, -0.1) is 0 Å². The van der Waals surface area contributed by atoms with Crippen LogP contribution in [0.4, 0.5) is 0 Å². The fraction of sp³-hybridized carbons (Fsp3) is 0.176. The summed E-state index contributed by atoms with van der Waals surface area (Å²) >= 11 is 5.81. The quantitative estimate of drug-likeness (QED) is 0.824. The Bertz CT molecular complexity index is 673. The number of hydrogen-bond donors (Lipinski definition) is 2. The Kier molecular flexibility index (Phi) is 5.73. The zero-order chi connectivity index (χ0) is 16.8. The average Bonchev–Trinajstić information content (AvgIpc) is 2.59. The first-order valence-corrected chi connectivity index (χ1v) is 7.28. The van der Waals surface area contributed by atoms with Crippen LogP contribution in [-0.4, -0.2) is 30.1 Å². The predicted octanol–water partition coefficient (Wildman–Crippen LogP) is 2.34. The molecule has 0 saturated carbocycles. The van der Waals surface area contributed by atoms with Gasteiger partial charge in [-0.25, -0.2) is 4.79 Å². The number of methoxy groups -OCH3 is 1. The molecule has 23 heavy (non-hydrogen) atoms. The summed E-state index contributed by atoms with van der Waals surface area (Å²) in [6.45, 7) is 0. The topological polar surface area (TPSA) is 75.6 Å². The zero-order valence-electron chi connectivity index (χ0n) is 12.4. The molecule has 0 aliphatic heterocycles. The van der Waals surface area contributed by atoms with Crippen LogP contribution in [0.25, 0.3) is 0 Å². The minimum Gasteiger partial charge on any atom is -0.467 e. The molecule has 2 rings (SSSR count). The van der Waals surface area contributed by atoms with Gasteiger partial charge in [0.2, 0.25) is 0 Å². The molecule has 1 amide bonds. The highest BCUT2D eigenvalue weighted by molar-refractivity contribution is 6.30. The van der Waals surface area contributed by atoms with Crippen LogP contribution in [-0.2, 0) is 9.53 Å². The molecule has 0 aliphatic rings. The van der Waals surface area contributed by atoms with E-state index in [1.165, 1.54) is 7.11 Å². The summed E-state index contributed by atoms with van der Waals surface area (Å²) in [4.78, 5) is 24.2. The third-order valence-corrected chi connectivity index (χ3v) is 3.56. The van der Waals surface area contributed by atoms with Crippen molar-refractivity contribution in [3.05, 3.63) is 70.7 Å². The molecule has 2 aromatic rings. The molecule has 6 heteroatoms. The van der Waals surface area contributed by atoms with E-state index in [1.54, 1.807) is 54.6 Å². The number of carbonyl (C=O) groups excluding carboxylic acids is 2. The van der Waals surface area contributed by atoms with Crippen molar-refractivity contribution in [3.63, 3.8) is 0 Å². The summed E-state index contributed by atoms with van der Waals surface area (Å²) < 4.78 is 4.68. The SMILES string of the molecule is COC(=O)[C@@H](NC(=O)c1ccccc1)[C@@H](O)c1ccc(Cl)cc1. The average molecular weight is 334 g/mol. The lowest BCUT2D eigenvalue weighted by molar-refractivity contribution is -0.146. The Morgan fingerprint density at radius 2 is 1.70 bits per heavy atom. The van der Waals surface area contributed by atoms with E-state index in [4.69, 9.17) is 11.6 Å². The summed E-state index contributed by atoms with van der Waals surface area (Å²) in [5, 5.41) is 13.4. The lowest BCUT2D eigenvalue weighted by Crippen LogP contribution is -2.45. The number of nitrogens with one attached hydrogen (secondary N) is 1. The number of esters is 1. The van der Waals surface area contributed by atoms with Gasteiger partial charge in [-0.1, -0.05) is 41.9 Å². The molecule has 0 spiro atoms. The van der Waals surface area contributed by atoms with Gasteiger partial charge in [0.1, 0.15) is 6.10 Å². The van der Waals surface area contributed by atoms with Crippen LogP contribution in [0.3, 0.4) is 0 Å². The third kappa shape index (κ3) is 4.31. The Hall–Kier alpha value is -2.37. The van der Waals surface area contributed by atoms with Gasteiger partial charge in [-0.2, -0.15) is 0 Å². The lowest BCUT2D eigenvalue weighted by atomic mass is 10.0. The molecule has 5 nitrogen and oxygen atoms in total. The summed E-state index contributed by atoms with van der Waals surface area (Å²) in [7, 11) is 1.19. The highest BCUT2D eigenvalue weighted by atomic mass is 35.5. The second-order valence-corrected chi connectivity index (χ2v) is 5.27. The second kappa shape index (κ2) is 7.76. The van der Waals surface area contributed by atoms with E-state index < -0.39 is 24.0 Å². The largest absolute Gasteiger partial charge is 0.467 e. The number of benzene rings is 2. The highest BCUT2D eigenvalue weighted by Crippen LogP contribution is 2.20. The first-order chi connectivity index (χ1) is 11.0. The van der Waals surface area contributed by atoms with Gasteiger partial charge in [0.25, 0.3) is 5.91 Å². The number of carbonyl (C=O) groups is 2. The maximum Gasteiger partial charge on any atom is 0.331 e. The standard InChI is InChI=1S/C17H16ClNO4/c1-23-17(22)14(15(20)11-7-9-13(18)10-8-11)19-16(21)12-5-3-2-4-6-12/h2-10,14-15,20H,1H3,(H,19,21)/t14-,15-/m0/s1. The zero-order valence-corrected chi connectivity index (χ0v) is 13.2. The van der Waals surface area contributed by atoms with Crippen LogP contribution in [0, 0.1) is 0 Å². The monoisotopic (exact) mass is 333 g/mol. The number of hydrogen-bond acceptors (Lipinski definition) is 4. The maximum absolute atomic E-state index is 12.2. The molecule has 0 aromatic heterocycles. The molecule has 0 fully saturated rings. The Morgan fingerprint density at radius 3 is 2.26 bits per heavy atom. The van der Waals surface area contributed by atoms with Crippen molar-refractivity contribution in [2.45, 2.75) is 12.1 Å². The number of amides is 1. The summed E-state index contributed by atoms with van der Waals surface area (Å²) in [5.41, 5.74) is 0.822. The molecule has 120 valence electrons. The molecular weight excluding hydrogens is 318 g/mol. The van der Waals surface area contributed by atoms with Crippen molar-refractivity contribution in [2.75, 3.05) is 7.11 Å². The van der Waals surface area contributed by atoms with Crippen LogP contribution in [0.2, 0.25) is 5.02 Å². The molecule has 0 bridgehead atoms. The predicted molar refractivity (Wildman–Crippen MR) is 86.1 cm³/mol. The Balaban J connectivity index is 2.21. The van der Waals surface area contributed by atoms with Gasteiger partial charge >= 0.3 is 5.97 Å². The fourth-order valence-corrected chi connectivity index (χ4v) is 2.19. The molecule has 2 atom stereocenters. The number of ether oxygens (including phenoxy) is 1.